The minimum absolute atomic E-state index is 0.0315. The van der Waals surface area contributed by atoms with Gasteiger partial charge in [0.1, 0.15) is 5.82 Å². The van der Waals surface area contributed by atoms with Gasteiger partial charge in [0.15, 0.2) is 9.84 Å². The molecule has 18 heavy (non-hydrogen) atoms. The summed E-state index contributed by atoms with van der Waals surface area (Å²) < 4.78 is 22.9. The van der Waals surface area contributed by atoms with E-state index in [2.05, 4.69) is 15.3 Å². The van der Waals surface area contributed by atoms with E-state index in [0.717, 1.165) is 17.8 Å². The molecule has 1 unspecified atom stereocenters. The average Bonchev–Trinajstić information content (AvgIpc) is 2.69. The van der Waals surface area contributed by atoms with Crippen molar-refractivity contribution in [1.82, 2.24) is 15.3 Å². The molecule has 0 saturated carbocycles. The third kappa shape index (κ3) is 3.05. The van der Waals surface area contributed by atoms with Gasteiger partial charge in [-0.15, -0.1) is 0 Å². The van der Waals surface area contributed by atoms with E-state index in [4.69, 9.17) is 0 Å². The van der Waals surface area contributed by atoms with Crippen LogP contribution in [0.2, 0.25) is 0 Å². The molecule has 100 valence electrons. The van der Waals surface area contributed by atoms with Gasteiger partial charge in [0.25, 0.3) is 0 Å². The van der Waals surface area contributed by atoms with Crippen LogP contribution in [0.5, 0.6) is 0 Å². The Bertz CT molecular complexity index is 528. The van der Waals surface area contributed by atoms with Crippen LogP contribution in [0.25, 0.3) is 0 Å². The van der Waals surface area contributed by atoms with Gasteiger partial charge in [0.2, 0.25) is 0 Å². The second kappa shape index (κ2) is 5.32. The molecule has 2 heterocycles. The first-order valence-corrected chi connectivity index (χ1v) is 8.07. The molecule has 1 aromatic heterocycles. The molecule has 1 saturated heterocycles. The van der Waals surface area contributed by atoms with Gasteiger partial charge in [-0.25, -0.2) is 18.4 Å². The highest BCUT2D eigenvalue weighted by Crippen LogP contribution is 2.26. The summed E-state index contributed by atoms with van der Waals surface area (Å²) in [5.74, 6) is 1.10. The molecule has 1 atom stereocenters. The predicted octanol–water partition coefficient (Wildman–Crippen LogP) is 0.797. The Morgan fingerprint density at radius 3 is 2.89 bits per heavy atom. The van der Waals surface area contributed by atoms with Gasteiger partial charge in [-0.3, -0.25) is 0 Å². The zero-order chi connectivity index (χ0) is 13.2. The molecule has 0 aliphatic carbocycles. The number of rotatable bonds is 4. The third-order valence-corrected chi connectivity index (χ3v) is 5.00. The molecule has 2 rings (SSSR count). The van der Waals surface area contributed by atoms with Crippen molar-refractivity contribution in [2.24, 2.45) is 0 Å². The highest BCUT2D eigenvalue weighted by molar-refractivity contribution is 7.91. The summed E-state index contributed by atoms with van der Waals surface area (Å²) in [4.78, 5) is 8.81. The van der Waals surface area contributed by atoms with Crippen molar-refractivity contribution < 1.29 is 8.42 Å². The second-order valence-corrected chi connectivity index (χ2v) is 6.97. The zero-order valence-corrected chi connectivity index (χ0v) is 11.6. The molecule has 0 amide bonds. The summed E-state index contributed by atoms with van der Waals surface area (Å²) in [7, 11) is -2.88. The summed E-state index contributed by atoms with van der Waals surface area (Å²) in [5, 5.41) is 3.23. The molecule has 1 N–H and O–H groups in total. The maximum atomic E-state index is 11.5. The van der Waals surface area contributed by atoms with E-state index in [1.807, 2.05) is 13.8 Å². The van der Waals surface area contributed by atoms with E-state index in [1.165, 1.54) is 0 Å². The first-order valence-electron chi connectivity index (χ1n) is 6.25. The molecule has 5 nitrogen and oxygen atoms in total. The van der Waals surface area contributed by atoms with Crippen LogP contribution in [0.15, 0.2) is 6.20 Å². The number of hydrogen-bond donors (Lipinski definition) is 1. The molecule has 0 bridgehead atoms. The lowest BCUT2D eigenvalue weighted by molar-refractivity contribution is 0.600. The van der Waals surface area contributed by atoms with Crippen molar-refractivity contribution in [3.63, 3.8) is 0 Å². The van der Waals surface area contributed by atoms with Gasteiger partial charge in [-0.05, 0) is 25.5 Å². The molecule has 6 heteroatoms. The smallest absolute Gasteiger partial charge is 0.151 e. The number of sulfone groups is 1. The minimum atomic E-state index is -2.88. The van der Waals surface area contributed by atoms with E-state index < -0.39 is 9.84 Å². The fourth-order valence-electron chi connectivity index (χ4n) is 2.11. The summed E-state index contributed by atoms with van der Waals surface area (Å²) in [6, 6.07) is 0. The average molecular weight is 269 g/mol. The van der Waals surface area contributed by atoms with Crippen molar-refractivity contribution >= 4 is 9.84 Å². The van der Waals surface area contributed by atoms with Crippen LogP contribution in [0.1, 0.15) is 36.3 Å². The Morgan fingerprint density at radius 2 is 2.28 bits per heavy atom. The van der Waals surface area contributed by atoms with Gasteiger partial charge in [0, 0.05) is 18.7 Å². The van der Waals surface area contributed by atoms with E-state index in [-0.39, 0.29) is 17.4 Å². The van der Waals surface area contributed by atoms with Gasteiger partial charge >= 0.3 is 0 Å². The van der Waals surface area contributed by atoms with Gasteiger partial charge in [-0.1, -0.05) is 6.92 Å². The normalized spacial score (nSPS) is 22.2. The van der Waals surface area contributed by atoms with Crippen LogP contribution in [-0.2, 0) is 16.4 Å². The van der Waals surface area contributed by atoms with E-state index in [9.17, 15) is 8.42 Å². The highest BCUT2D eigenvalue weighted by Gasteiger charge is 2.31. The fraction of sp³-hybridized carbons (Fsp3) is 0.667. The Balaban J connectivity index is 2.19. The van der Waals surface area contributed by atoms with Crippen molar-refractivity contribution in [2.45, 2.75) is 32.7 Å². The summed E-state index contributed by atoms with van der Waals surface area (Å²) in [6.45, 7) is 5.61. The Morgan fingerprint density at radius 1 is 1.50 bits per heavy atom. The lowest BCUT2D eigenvalue weighted by Crippen LogP contribution is -2.16. The first kappa shape index (κ1) is 13.4. The number of hydrogen-bond acceptors (Lipinski definition) is 5. The molecule has 1 aromatic rings. The molecule has 0 radical (unpaired) electrons. The van der Waals surface area contributed by atoms with Crippen LogP contribution in [0, 0.1) is 6.92 Å². The lowest BCUT2D eigenvalue weighted by atomic mass is 10.1. The van der Waals surface area contributed by atoms with Crippen molar-refractivity contribution in [2.75, 3.05) is 18.1 Å². The maximum Gasteiger partial charge on any atom is 0.151 e. The lowest BCUT2D eigenvalue weighted by Gasteiger charge is -2.10. The largest absolute Gasteiger partial charge is 0.311 e. The van der Waals surface area contributed by atoms with E-state index in [1.54, 1.807) is 6.20 Å². The second-order valence-electron chi connectivity index (χ2n) is 4.74. The summed E-state index contributed by atoms with van der Waals surface area (Å²) >= 11 is 0. The minimum Gasteiger partial charge on any atom is -0.311 e. The standard InChI is InChI=1S/C12H19N3O2S/c1-3-13-7-11-9(2)6-14-12(15-11)10-4-5-18(16,17)8-10/h6,10,13H,3-5,7-8H2,1-2H3. The SMILES string of the molecule is CCNCc1nc(C2CCS(=O)(=O)C2)ncc1C. The van der Waals surface area contributed by atoms with Crippen molar-refractivity contribution in [3.05, 3.63) is 23.3 Å². The third-order valence-electron chi connectivity index (χ3n) is 3.24. The van der Waals surface area contributed by atoms with E-state index in [0.29, 0.717) is 18.8 Å². The molecule has 1 aliphatic heterocycles. The summed E-state index contributed by atoms with van der Waals surface area (Å²) in [5.41, 5.74) is 2.01. The summed E-state index contributed by atoms with van der Waals surface area (Å²) in [6.07, 6.45) is 2.44. The van der Waals surface area contributed by atoms with Crippen LogP contribution in [0.3, 0.4) is 0 Å². The van der Waals surface area contributed by atoms with Crippen LogP contribution in [-0.4, -0.2) is 36.4 Å². The number of aromatic nitrogens is 2. The number of nitrogens with one attached hydrogen (secondary N) is 1. The van der Waals surface area contributed by atoms with Crippen LogP contribution >= 0.6 is 0 Å². The zero-order valence-electron chi connectivity index (χ0n) is 10.8. The molecule has 0 aromatic carbocycles. The maximum absolute atomic E-state index is 11.5. The quantitative estimate of drug-likeness (QED) is 0.875. The van der Waals surface area contributed by atoms with Crippen LogP contribution < -0.4 is 5.32 Å². The van der Waals surface area contributed by atoms with Gasteiger partial charge in [-0.2, -0.15) is 0 Å². The molecule has 0 spiro atoms. The van der Waals surface area contributed by atoms with Crippen molar-refractivity contribution in [3.8, 4) is 0 Å². The monoisotopic (exact) mass is 269 g/mol. The highest BCUT2D eigenvalue weighted by atomic mass is 32.2. The molecular weight excluding hydrogens is 250 g/mol. The van der Waals surface area contributed by atoms with Gasteiger partial charge < -0.3 is 5.32 Å². The molecule has 1 aliphatic rings. The Kier molecular flexibility index (Phi) is 3.97. The van der Waals surface area contributed by atoms with Crippen molar-refractivity contribution in [1.29, 1.82) is 0 Å². The van der Waals surface area contributed by atoms with Gasteiger partial charge in [0.05, 0.1) is 17.2 Å². The first-order chi connectivity index (χ1) is 8.52. The Labute approximate surface area is 108 Å². The molecular formula is C12H19N3O2S. The predicted molar refractivity (Wildman–Crippen MR) is 70.2 cm³/mol. The number of nitrogens with zero attached hydrogens (tertiary/aromatic N) is 2. The Hall–Kier alpha value is -1.01. The van der Waals surface area contributed by atoms with Crippen LogP contribution in [0.4, 0.5) is 0 Å². The molecule has 1 fully saturated rings. The topological polar surface area (TPSA) is 72.0 Å². The number of aryl methyl sites for hydroxylation is 1. The fourth-order valence-corrected chi connectivity index (χ4v) is 3.85. The van der Waals surface area contributed by atoms with E-state index >= 15 is 0 Å².